The number of anilines is 1. The van der Waals surface area contributed by atoms with E-state index >= 15 is 0 Å². The summed E-state index contributed by atoms with van der Waals surface area (Å²) in [5.41, 5.74) is 3.16. The lowest BCUT2D eigenvalue weighted by Crippen LogP contribution is -2.19. The lowest BCUT2D eigenvalue weighted by molar-refractivity contribution is 0.747. The lowest BCUT2D eigenvalue weighted by atomic mass is 10.2. The van der Waals surface area contributed by atoms with Crippen molar-refractivity contribution in [2.45, 2.75) is 26.7 Å². The molecule has 0 aliphatic carbocycles. The van der Waals surface area contributed by atoms with Crippen molar-refractivity contribution < 1.29 is 0 Å². The summed E-state index contributed by atoms with van der Waals surface area (Å²) in [5, 5.41) is 9.06. The van der Waals surface area contributed by atoms with Gasteiger partial charge in [-0.15, -0.1) is 10.2 Å². The maximum atomic E-state index is 4.62. The molecule has 3 aromatic heterocycles. The van der Waals surface area contributed by atoms with Gasteiger partial charge in [-0.1, -0.05) is 6.07 Å². The number of nitrogens with zero attached hydrogens (tertiary/aromatic N) is 7. The van der Waals surface area contributed by atoms with E-state index < -0.39 is 0 Å². The maximum absolute atomic E-state index is 4.62. The molecule has 0 unspecified atom stereocenters. The molecule has 1 fully saturated rings. The van der Waals surface area contributed by atoms with Crippen molar-refractivity contribution in [2.24, 2.45) is 7.05 Å². The van der Waals surface area contributed by atoms with E-state index in [9.17, 15) is 0 Å². The average molecular weight is 323 g/mol. The minimum absolute atomic E-state index is 0.675. The van der Waals surface area contributed by atoms with E-state index in [0.29, 0.717) is 5.82 Å². The van der Waals surface area contributed by atoms with Gasteiger partial charge in [0.15, 0.2) is 17.3 Å². The first-order chi connectivity index (χ1) is 11.6. The highest BCUT2D eigenvalue weighted by molar-refractivity contribution is 5.64. The largest absolute Gasteiger partial charge is 0.340 e. The molecule has 7 nitrogen and oxygen atoms in total. The van der Waals surface area contributed by atoms with Crippen LogP contribution in [-0.2, 0) is 7.05 Å². The summed E-state index contributed by atoms with van der Waals surface area (Å²) >= 11 is 0. The van der Waals surface area contributed by atoms with Gasteiger partial charge in [-0.25, -0.2) is 14.2 Å². The van der Waals surface area contributed by atoms with Crippen LogP contribution in [0.3, 0.4) is 0 Å². The van der Waals surface area contributed by atoms with Crippen molar-refractivity contribution in [3.63, 3.8) is 0 Å². The van der Waals surface area contributed by atoms with Crippen LogP contribution >= 0.6 is 0 Å². The SMILES string of the molecule is Cc1ccc2nc(/C=C/c3nc(N4CCCC4)nn3C)nn2c1C. The summed E-state index contributed by atoms with van der Waals surface area (Å²) in [6.45, 7) is 6.21. The van der Waals surface area contributed by atoms with Gasteiger partial charge in [-0.05, 0) is 50.5 Å². The molecule has 0 bridgehead atoms. The first-order valence-corrected chi connectivity index (χ1v) is 8.29. The molecule has 0 atom stereocenters. The molecule has 124 valence electrons. The highest BCUT2D eigenvalue weighted by Gasteiger charge is 2.17. The smallest absolute Gasteiger partial charge is 0.245 e. The third-order valence-electron chi connectivity index (χ3n) is 4.58. The first-order valence-electron chi connectivity index (χ1n) is 8.29. The van der Waals surface area contributed by atoms with Gasteiger partial charge in [0.2, 0.25) is 5.95 Å². The topological polar surface area (TPSA) is 64.1 Å². The average Bonchev–Trinajstić information content (AvgIpc) is 3.28. The Hall–Kier alpha value is -2.70. The fraction of sp³-hybridized carbons (Fsp3) is 0.412. The first kappa shape index (κ1) is 14.9. The number of fused-ring (bicyclic) bond motifs is 1. The van der Waals surface area contributed by atoms with Crippen LogP contribution in [0.15, 0.2) is 12.1 Å². The van der Waals surface area contributed by atoms with Gasteiger partial charge in [-0.3, -0.25) is 0 Å². The van der Waals surface area contributed by atoms with Crippen LogP contribution in [0, 0.1) is 13.8 Å². The van der Waals surface area contributed by atoms with Crippen LogP contribution in [0.5, 0.6) is 0 Å². The van der Waals surface area contributed by atoms with Gasteiger partial charge >= 0.3 is 0 Å². The van der Waals surface area contributed by atoms with Gasteiger partial charge in [0, 0.05) is 25.8 Å². The molecule has 24 heavy (non-hydrogen) atoms. The predicted octanol–water partition coefficient (Wildman–Crippen LogP) is 2.25. The molecule has 1 aliphatic rings. The molecule has 0 aromatic carbocycles. The van der Waals surface area contributed by atoms with E-state index in [-0.39, 0.29) is 0 Å². The number of hydrogen-bond donors (Lipinski definition) is 0. The molecule has 0 amide bonds. The van der Waals surface area contributed by atoms with Gasteiger partial charge in [-0.2, -0.15) is 4.98 Å². The molecule has 0 radical (unpaired) electrons. The molecular formula is C17H21N7. The third kappa shape index (κ3) is 2.55. The Morgan fingerprint density at radius 2 is 1.79 bits per heavy atom. The molecular weight excluding hydrogens is 302 g/mol. The Bertz CT molecular complexity index is 913. The monoisotopic (exact) mass is 323 g/mol. The van der Waals surface area contributed by atoms with E-state index in [1.807, 2.05) is 29.8 Å². The minimum atomic E-state index is 0.675. The zero-order valence-electron chi connectivity index (χ0n) is 14.3. The number of hydrogen-bond acceptors (Lipinski definition) is 5. The fourth-order valence-electron chi connectivity index (χ4n) is 2.98. The van der Waals surface area contributed by atoms with E-state index in [1.54, 1.807) is 4.68 Å². The lowest BCUT2D eigenvalue weighted by Gasteiger charge is -2.10. The molecule has 0 saturated carbocycles. The van der Waals surface area contributed by atoms with E-state index in [4.69, 9.17) is 0 Å². The fourth-order valence-corrected chi connectivity index (χ4v) is 2.98. The maximum Gasteiger partial charge on any atom is 0.245 e. The van der Waals surface area contributed by atoms with Gasteiger partial charge < -0.3 is 4.90 Å². The summed E-state index contributed by atoms with van der Waals surface area (Å²) in [7, 11) is 1.91. The second-order valence-corrected chi connectivity index (χ2v) is 6.26. The van der Waals surface area contributed by atoms with Crippen molar-refractivity contribution in [3.8, 4) is 0 Å². The van der Waals surface area contributed by atoms with E-state index in [0.717, 1.165) is 36.2 Å². The zero-order valence-corrected chi connectivity index (χ0v) is 14.3. The van der Waals surface area contributed by atoms with Crippen LogP contribution in [0.1, 0.15) is 35.7 Å². The van der Waals surface area contributed by atoms with Crippen LogP contribution in [0.4, 0.5) is 5.95 Å². The van der Waals surface area contributed by atoms with Crippen molar-refractivity contribution in [2.75, 3.05) is 18.0 Å². The molecule has 1 aliphatic heterocycles. The Balaban J connectivity index is 1.62. The van der Waals surface area contributed by atoms with Gasteiger partial charge in [0.05, 0.1) is 0 Å². The number of rotatable bonds is 3. The summed E-state index contributed by atoms with van der Waals surface area (Å²) in [5.74, 6) is 2.29. The summed E-state index contributed by atoms with van der Waals surface area (Å²) in [6, 6.07) is 4.05. The van der Waals surface area contributed by atoms with E-state index in [2.05, 4.69) is 45.0 Å². The second kappa shape index (κ2) is 5.74. The molecule has 4 heterocycles. The highest BCUT2D eigenvalue weighted by atomic mass is 15.4. The Labute approximate surface area is 140 Å². The standard InChI is InChI=1S/C17H21N7/c1-12-6-8-16-18-14(20-24(16)13(12)2)7-9-15-19-17(21-22(15)3)23-10-4-5-11-23/h6-9H,4-5,10-11H2,1-3H3/b9-7+. The molecule has 7 heteroatoms. The number of aryl methyl sites for hydroxylation is 3. The molecule has 3 aromatic rings. The molecule has 1 saturated heterocycles. The quantitative estimate of drug-likeness (QED) is 0.740. The van der Waals surface area contributed by atoms with Crippen molar-refractivity contribution in [1.82, 2.24) is 29.4 Å². The highest BCUT2D eigenvalue weighted by Crippen LogP contribution is 2.17. The van der Waals surface area contributed by atoms with Crippen LogP contribution < -0.4 is 4.90 Å². The molecule has 0 N–H and O–H groups in total. The van der Waals surface area contributed by atoms with Crippen LogP contribution in [0.25, 0.3) is 17.8 Å². The molecule has 4 rings (SSSR count). The Kier molecular flexibility index (Phi) is 3.55. The van der Waals surface area contributed by atoms with E-state index in [1.165, 1.54) is 18.4 Å². The number of aromatic nitrogens is 6. The summed E-state index contributed by atoms with van der Waals surface area (Å²) in [4.78, 5) is 11.4. The summed E-state index contributed by atoms with van der Waals surface area (Å²) < 4.78 is 3.68. The van der Waals surface area contributed by atoms with Gasteiger partial charge in [0.25, 0.3) is 0 Å². The van der Waals surface area contributed by atoms with Crippen molar-refractivity contribution >= 4 is 23.7 Å². The van der Waals surface area contributed by atoms with Crippen molar-refractivity contribution in [3.05, 3.63) is 35.0 Å². The Morgan fingerprint density at radius 1 is 1.00 bits per heavy atom. The minimum Gasteiger partial charge on any atom is -0.340 e. The molecule has 0 spiro atoms. The van der Waals surface area contributed by atoms with Crippen LogP contribution in [-0.4, -0.2) is 42.5 Å². The van der Waals surface area contributed by atoms with Crippen molar-refractivity contribution in [1.29, 1.82) is 0 Å². The summed E-state index contributed by atoms with van der Waals surface area (Å²) in [6.07, 6.45) is 6.24. The normalized spacial score (nSPS) is 15.2. The Morgan fingerprint density at radius 3 is 2.58 bits per heavy atom. The second-order valence-electron chi connectivity index (χ2n) is 6.26. The van der Waals surface area contributed by atoms with Gasteiger partial charge in [0.1, 0.15) is 0 Å². The third-order valence-corrected chi connectivity index (χ3v) is 4.58. The predicted molar refractivity (Wildman–Crippen MR) is 93.8 cm³/mol. The zero-order chi connectivity index (χ0) is 16.7. The van der Waals surface area contributed by atoms with Crippen LogP contribution in [0.2, 0.25) is 0 Å². The number of pyridine rings is 1.